The van der Waals surface area contributed by atoms with E-state index in [1.165, 1.54) is 12.0 Å². The molecule has 0 unspecified atom stereocenters. The van der Waals surface area contributed by atoms with Crippen molar-refractivity contribution in [3.63, 3.8) is 0 Å². The van der Waals surface area contributed by atoms with Crippen molar-refractivity contribution >= 4 is 17.3 Å². The molecule has 1 amide bonds. The number of methoxy groups -OCH3 is 1. The van der Waals surface area contributed by atoms with Crippen molar-refractivity contribution in [3.05, 3.63) is 53.6 Å². The van der Waals surface area contributed by atoms with Crippen LogP contribution in [0.4, 0.5) is 11.4 Å². The summed E-state index contributed by atoms with van der Waals surface area (Å²) < 4.78 is 5.12. The normalized spacial score (nSPS) is 9.76. The molecule has 0 atom stereocenters. The Morgan fingerprint density at radius 2 is 1.90 bits per heavy atom. The van der Waals surface area contributed by atoms with Crippen molar-refractivity contribution in [2.45, 2.75) is 0 Å². The van der Waals surface area contributed by atoms with E-state index in [9.17, 15) is 4.79 Å². The van der Waals surface area contributed by atoms with E-state index >= 15 is 0 Å². The van der Waals surface area contributed by atoms with E-state index in [2.05, 4.69) is 0 Å². The molecule has 0 saturated carbocycles. The molecule has 0 aliphatic rings. The van der Waals surface area contributed by atoms with Crippen LogP contribution in [0.15, 0.2) is 42.5 Å². The number of nitriles is 1. The highest BCUT2D eigenvalue weighted by molar-refractivity contribution is 6.09. The Morgan fingerprint density at radius 3 is 2.48 bits per heavy atom. The number of carbonyl (C=O) groups excluding carboxylic acids is 1. The number of para-hydroxylation sites is 1. The molecule has 2 aromatic carbocycles. The highest BCUT2D eigenvalue weighted by Crippen LogP contribution is 2.27. The molecule has 2 N–H and O–H groups in total. The minimum absolute atomic E-state index is 0.240. The van der Waals surface area contributed by atoms with Crippen LogP contribution in [0.2, 0.25) is 0 Å². The van der Waals surface area contributed by atoms with Gasteiger partial charge in [0, 0.05) is 12.7 Å². The lowest BCUT2D eigenvalue weighted by Gasteiger charge is -2.19. The summed E-state index contributed by atoms with van der Waals surface area (Å²) in [5.74, 6) is 0.227. The minimum atomic E-state index is -0.240. The molecule has 0 fully saturated rings. The maximum Gasteiger partial charge on any atom is 0.260 e. The molecule has 0 aromatic heterocycles. The summed E-state index contributed by atoms with van der Waals surface area (Å²) in [4.78, 5) is 14.0. The van der Waals surface area contributed by atoms with E-state index in [1.54, 1.807) is 49.5 Å². The van der Waals surface area contributed by atoms with E-state index in [0.717, 1.165) is 0 Å². The number of amides is 1. The molecule has 0 radical (unpaired) electrons. The van der Waals surface area contributed by atoms with Crippen molar-refractivity contribution in [2.24, 2.45) is 0 Å². The molecule has 2 aromatic rings. The summed E-state index contributed by atoms with van der Waals surface area (Å²) in [7, 11) is 3.16. The van der Waals surface area contributed by atoms with Crippen LogP contribution in [-0.4, -0.2) is 20.1 Å². The molecule has 0 aliphatic carbocycles. The van der Waals surface area contributed by atoms with E-state index in [0.29, 0.717) is 28.3 Å². The third-order valence-corrected chi connectivity index (χ3v) is 3.20. The molecule has 0 heterocycles. The lowest BCUT2D eigenvalue weighted by Crippen LogP contribution is -2.27. The first-order chi connectivity index (χ1) is 10.1. The van der Waals surface area contributed by atoms with E-state index in [4.69, 9.17) is 15.7 Å². The number of carbonyl (C=O) groups is 1. The number of anilines is 2. The van der Waals surface area contributed by atoms with Crippen LogP contribution in [0, 0.1) is 11.3 Å². The predicted octanol–water partition coefficient (Wildman–Crippen LogP) is 2.43. The Labute approximate surface area is 123 Å². The molecular weight excluding hydrogens is 266 g/mol. The monoisotopic (exact) mass is 281 g/mol. The second-order valence-electron chi connectivity index (χ2n) is 4.44. The summed E-state index contributed by atoms with van der Waals surface area (Å²) >= 11 is 0. The molecule has 0 spiro atoms. The van der Waals surface area contributed by atoms with Crippen LogP contribution in [0.3, 0.4) is 0 Å². The fourth-order valence-electron chi connectivity index (χ4n) is 1.97. The van der Waals surface area contributed by atoms with Gasteiger partial charge in [-0.05, 0) is 36.4 Å². The van der Waals surface area contributed by atoms with E-state index in [1.807, 2.05) is 6.07 Å². The van der Waals surface area contributed by atoms with Gasteiger partial charge in [-0.2, -0.15) is 5.26 Å². The zero-order valence-corrected chi connectivity index (χ0v) is 11.8. The van der Waals surface area contributed by atoms with Crippen molar-refractivity contribution in [3.8, 4) is 11.8 Å². The van der Waals surface area contributed by atoms with E-state index < -0.39 is 0 Å². The standard InChI is InChI=1S/C16H15N3O2/c1-19(12-8-6-11(10-17)7-9-12)16(20)13-4-3-5-14(21-2)15(13)18/h3-9H,18H2,1-2H3. The fourth-order valence-corrected chi connectivity index (χ4v) is 1.97. The topological polar surface area (TPSA) is 79.3 Å². The Morgan fingerprint density at radius 1 is 1.24 bits per heavy atom. The number of ether oxygens (including phenoxy) is 1. The maximum absolute atomic E-state index is 12.5. The van der Waals surface area contributed by atoms with Gasteiger partial charge < -0.3 is 15.4 Å². The number of nitrogens with zero attached hydrogens (tertiary/aromatic N) is 2. The van der Waals surface area contributed by atoms with Gasteiger partial charge in [-0.3, -0.25) is 4.79 Å². The fraction of sp³-hybridized carbons (Fsp3) is 0.125. The maximum atomic E-state index is 12.5. The van der Waals surface area contributed by atoms with E-state index in [-0.39, 0.29) is 5.91 Å². The lowest BCUT2D eigenvalue weighted by atomic mass is 10.1. The van der Waals surface area contributed by atoms with Gasteiger partial charge in [0.1, 0.15) is 5.75 Å². The summed E-state index contributed by atoms with van der Waals surface area (Å²) in [5.41, 5.74) is 7.85. The SMILES string of the molecule is COc1cccc(C(=O)N(C)c2ccc(C#N)cc2)c1N. The molecule has 0 bridgehead atoms. The highest BCUT2D eigenvalue weighted by atomic mass is 16.5. The Balaban J connectivity index is 2.33. The summed E-state index contributed by atoms with van der Waals surface area (Å²) in [5, 5.41) is 8.79. The van der Waals surface area contributed by atoms with Gasteiger partial charge in [0.05, 0.1) is 30.0 Å². The number of hydrogen-bond donors (Lipinski definition) is 1. The molecule has 106 valence electrons. The molecular formula is C16H15N3O2. The quantitative estimate of drug-likeness (QED) is 0.876. The first-order valence-corrected chi connectivity index (χ1v) is 6.29. The van der Waals surface area contributed by atoms with Crippen molar-refractivity contribution in [1.29, 1.82) is 5.26 Å². The Hall–Kier alpha value is -3.00. The minimum Gasteiger partial charge on any atom is -0.495 e. The largest absolute Gasteiger partial charge is 0.495 e. The first-order valence-electron chi connectivity index (χ1n) is 6.29. The van der Waals surface area contributed by atoms with Crippen LogP contribution in [0.1, 0.15) is 15.9 Å². The van der Waals surface area contributed by atoms with Crippen LogP contribution >= 0.6 is 0 Å². The predicted molar refractivity (Wildman–Crippen MR) is 81.3 cm³/mol. The molecule has 21 heavy (non-hydrogen) atoms. The summed E-state index contributed by atoms with van der Waals surface area (Å²) in [6.07, 6.45) is 0. The number of nitrogen functional groups attached to an aromatic ring is 1. The van der Waals surface area contributed by atoms with Gasteiger partial charge in [0.2, 0.25) is 0 Å². The number of rotatable bonds is 3. The van der Waals surface area contributed by atoms with Crippen LogP contribution in [-0.2, 0) is 0 Å². The lowest BCUT2D eigenvalue weighted by molar-refractivity contribution is 0.0993. The van der Waals surface area contributed by atoms with Gasteiger partial charge >= 0.3 is 0 Å². The summed E-state index contributed by atoms with van der Waals surface area (Å²) in [6, 6.07) is 13.9. The van der Waals surface area contributed by atoms with Crippen LogP contribution in [0.25, 0.3) is 0 Å². The third kappa shape index (κ3) is 2.79. The van der Waals surface area contributed by atoms with Gasteiger partial charge in [-0.1, -0.05) is 6.07 Å². The van der Waals surface area contributed by atoms with Gasteiger partial charge in [0.15, 0.2) is 0 Å². The van der Waals surface area contributed by atoms with Gasteiger partial charge in [0.25, 0.3) is 5.91 Å². The molecule has 2 rings (SSSR count). The third-order valence-electron chi connectivity index (χ3n) is 3.20. The van der Waals surface area contributed by atoms with Crippen LogP contribution in [0.5, 0.6) is 5.75 Å². The van der Waals surface area contributed by atoms with Gasteiger partial charge in [-0.15, -0.1) is 0 Å². The molecule has 5 heteroatoms. The average molecular weight is 281 g/mol. The zero-order valence-electron chi connectivity index (χ0n) is 11.8. The second-order valence-corrected chi connectivity index (χ2v) is 4.44. The van der Waals surface area contributed by atoms with Crippen LogP contribution < -0.4 is 15.4 Å². The second kappa shape index (κ2) is 5.97. The average Bonchev–Trinajstić information content (AvgIpc) is 2.54. The highest BCUT2D eigenvalue weighted by Gasteiger charge is 2.18. The molecule has 0 saturated heterocycles. The smallest absolute Gasteiger partial charge is 0.260 e. The Kier molecular flexibility index (Phi) is 4.10. The Bertz CT molecular complexity index is 702. The number of benzene rings is 2. The summed E-state index contributed by atoms with van der Waals surface area (Å²) in [6.45, 7) is 0. The van der Waals surface area contributed by atoms with Crippen molar-refractivity contribution < 1.29 is 9.53 Å². The zero-order chi connectivity index (χ0) is 15.4. The van der Waals surface area contributed by atoms with Crippen molar-refractivity contribution in [2.75, 3.05) is 24.8 Å². The molecule has 0 aliphatic heterocycles. The number of hydrogen-bond acceptors (Lipinski definition) is 4. The first kappa shape index (κ1) is 14.4. The number of nitrogens with two attached hydrogens (primary N) is 1. The van der Waals surface area contributed by atoms with Gasteiger partial charge in [-0.25, -0.2) is 0 Å². The van der Waals surface area contributed by atoms with Crippen molar-refractivity contribution in [1.82, 2.24) is 0 Å². The molecule has 5 nitrogen and oxygen atoms in total.